The third-order valence-electron chi connectivity index (χ3n) is 2.35. The second kappa shape index (κ2) is 5.49. The Kier molecular flexibility index (Phi) is 4.47. The lowest BCUT2D eigenvalue weighted by molar-refractivity contribution is -0.133. The van der Waals surface area contributed by atoms with Gasteiger partial charge in [-0.1, -0.05) is 0 Å². The molecule has 0 atom stereocenters. The molecule has 0 aliphatic carbocycles. The van der Waals surface area contributed by atoms with Crippen LogP contribution in [0.15, 0.2) is 12.3 Å². The number of carbonyl (C=O) groups excluding carboxylic acids is 1. The summed E-state index contributed by atoms with van der Waals surface area (Å²) < 4.78 is 35.8. The van der Waals surface area contributed by atoms with Crippen molar-refractivity contribution in [2.75, 3.05) is 0 Å². The maximum atomic E-state index is 11.9. The number of aryl methyl sites for hydroxylation is 1. The van der Waals surface area contributed by atoms with E-state index in [2.05, 4.69) is 4.98 Å². The zero-order valence-corrected chi connectivity index (χ0v) is 9.53. The smallest absolute Gasteiger partial charge is 0.423 e. The van der Waals surface area contributed by atoms with Gasteiger partial charge in [-0.2, -0.15) is 13.2 Å². The first-order valence-electron chi connectivity index (χ1n) is 5.13. The maximum Gasteiger partial charge on any atom is 0.490 e. The second-order valence-corrected chi connectivity index (χ2v) is 3.84. The Morgan fingerprint density at radius 2 is 2.06 bits per heavy atom. The zero-order chi connectivity index (χ0) is 13.9. The zero-order valence-electron chi connectivity index (χ0n) is 9.53. The van der Waals surface area contributed by atoms with Crippen LogP contribution < -0.4 is 5.46 Å². The summed E-state index contributed by atoms with van der Waals surface area (Å²) in [6.45, 7) is 1.51. The van der Waals surface area contributed by atoms with Crippen LogP contribution in [0.25, 0.3) is 0 Å². The molecule has 1 aromatic rings. The van der Waals surface area contributed by atoms with E-state index in [-0.39, 0.29) is 11.2 Å². The number of alkyl halides is 3. The largest absolute Gasteiger partial charge is 0.490 e. The summed E-state index contributed by atoms with van der Waals surface area (Å²) in [4.78, 5) is 15.1. The highest BCUT2D eigenvalue weighted by atomic mass is 19.4. The molecule has 0 amide bonds. The van der Waals surface area contributed by atoms with Gasteiger partial charge in [-0.05, 0) is 18.6 Å². The third kappa shape index (κ3) is 4.12. The first-order valence-corrected chi connectivity index (χ1v) is 5.13. The highest BCUT2D eigenvalue weighted by Crippen LogP contribution is 2.22. The van der Waals surface area contributed by atoms with Crippen LogP contribution in [0.2, 0.25) is 0 Å². The van der Waals surface area contributed by atoms with Crippen molar-refractivity contribution in [2.45, 2.75) is 25.9 Å². The van der Waals surface area contributed by atoms with E-state index in [1.807, 2.05) is 0 Å². The minimum absolute atomic E-state index is 0.110. The van der Waals surface area contributed by atoms with Crippen LogP contribution in [0.4, 0.5) is 13.2 Å². The SMILES string of the molecule is Cc1cc(C(=O)CCC(F)(F)F)ncc1B(O)O. The van der Waals surface area contributed by atoms with Crippen molar-refractivity contribution in [1.29, 1.82) is 0 Å². The Hall–Kier alpha value is -1.41. The summed E-state index contributed by atoms with van der Waals surface area (Å²) in [5.41, 5.74) is 0.388. The van der Waals surface area contributed by atoms with Gasteiger partial charge in [0.15, 0.2) is 5.78 Å². The predicted octanol–water partition coefficient (Wildman–Crippen LogP) is 0.595. The monoisotopic (exact) mass is 261 g/mol. The minimum atomic E-state index is -4.38. The molecule has 1 rings (SSSR count). The molecule has 0 fully saturated rings. The number of pyridine rings is 1. The summed E-state index contributed by atoms with van der Waals surface area (Å²) in [6.07, 6.45) is -5.18. The summed E-state index contributed by atoms with van der Waals surface area (Å²) in [5, 5.41) is 17.9. The van der Waals surface area contributed by atoms with Crippen LogP contribution in [0.3, 0.4) is 0 Å². The number of halogens is 3. The minimum Gasteiger partial charge on any atom is -0.423 e. The molecule has 98 valence electrons. The number of aromatic nitrogens is 1. The molecule has 2 N–H and O–H groups in total. The molecule has 0 aromatic carbocycles. The van der Waals surface area contributed by atoms with E-state index in [4.69, 9.17) is 10.0 Å². The van der Waals surface area contributed by atoms with Gasteiger partial charge < -0.3 is 10.0 Å². The molecular weight excluding hydrogens is 250 g/mol. The number of hydrogen-bond acceptors (Lipinski definition) is 4. The Labute approximate surface area is 102 Å². The number of Topliss-reactive ketones (excluding diaryl/α,β-unsaturated/α-hetero) is 1. The van der Waals surface area contributed by atoms with E-state index in [9.17, 15) is 18.0 Å². The quantitative estimate of drug-likeness (QED) is 0.614. The summed E-state index contributed by atoms with van der Waals surface area (Å²) in [5.74, 6) is -0.727. The van der Waals surface area contributed by atoms with Gasteiger partial charge in [0.05, 0.1) is 6.42 Å². The Morgan fingerprint density at radius 3 is 2.50 bits per heavy atom. The molecule has 0 aliphatic rings. The number of hydrogen-bond donors (Lipinski definition) is 2. The predicted molar refractivity (Wildman–Crippen MR) is 58.4 cm³/mol. The number of ketones is 1. The molecular formula is C10H11BF3NO3. The molecule has 1 heterocycles. The van der Waals surface area contributed by atoms with Crippen molar-refractivity contribution in [3.8, 4) is 0 Å². The maximum absolute atomic E-state index is 11.9. The van der Waals surface area contributed by atoms with Crippen molar-refractivity contribution >= 4 is 18.4 Å². The van der Waals surface area contributed by atoms with Crippen molar-refractivity contribution in [3.05, 3.63) is 23.5 Å². The average molecular weight is 261 g/mol. The van der Waals surface area contributed by atoms with Crippen molar-refractivity contribution in [1.82, 2.24) is 4.98 Å². The highest BCUT2D eigenvalue weighted by Gasteiger charge is 2.28. The fraction of sp³-hybridized carbons (Fsp3) is 0.400. The second-order valence-electron chi connectivity index (χ2n) is 3.84. The van der Waals surface area contributed by atoms with Crippen molar-refractivity contribution in [2.24, 2.45) is 0 Å². The molecule has 0 saturated heterocycles. The molecule has 0 spiro atoms. The number of carbonyl (C=O) groups is 1. The van der Waals surface area contributed by atoms with Gasteiger partial charge in [0, 0.05) is 18.1 Å². The fourth-order valence-corrected chi connectivity index (χ4v) is 1.37. The number of rotatable bonds is 4. The topological polar surface area (TPSA) is 70.4 Å². The van der Waals surface area contributed by atoms with E-state index in [0.717, 1.165) is 6.20 Å². The molecule has 0 bridgehead atoms. The third-order valence-corrected chi connectivity index (χ3v) is 2.35. The van der Waals surface area contributed by atoms with Gasteiger partial charge >= 0.3 is 13.3 Å². The van der Waals surface area contributed by atoms with E-state index < -0.39 is 31.9 Å². The van der Waals surface area contributed by atoms with Gasteiger partial charge in [-0.3, -0.25) is 9.78 Å². The average Bonchev–Trinajstić information content (AvgIpc) is 2.24. The summed E-state index contributed by atoms with van der Waals surface area (Å²) >= 11 is 0. The lowest BCUT2D eigenvalue weighted by atomic mass is 9.78. The van der Waals surface area contributed by atoms with E-state index in [1.165, 1.54) is 13.0 Å². The van der Waals surface area contributed by atoms with Crippen LogP contribution in [0.1, 0.15) is 28.9 Å². The van der Waals surface area contributed by atoms with Crippen LogP contribution in [0, 0.1) is 6.92 Å². The van der Waals surface area contributed by atoms with Crippen LogP contribution in [-0.2, 0) is 0 Å². The summed E-state index contributed by atoms with van der Waals surface area (Å²) in [6, 6.07) is 1.24. The number of nitrogens with zero attached hydrogens (tertiary/aromatic N) is 1. The van der Waals surface area contributed by atoms with Crippen LogP contribution in [-0.4, -0.2) is 34.1 Å². The Balaban J connectivity index is 2.79. The Morgan fingerprint density at radius 1 is 1.44 bits per heavy atom. The highest BCUT2D eigenvalue weighted by molar-refractivity contribution is 6.59. The molecule has 0 radical (unpaired) electrons. The molecule has 0 aliphatic heterocycles. The van der Waals surface area contributed by atoms with Gasteiger partial charge in [-0.15, -0.1) is 0 Å². The molecule has 18 heavy (non-hydrogen) atoms. The first kappa shape index (κ1) is 14.7. The normalized spacial score (nSPS) is 11.4. The molecule has 1 aromatic heterocycles. The van der Waals surface area contributed by atoms with Gasteiger partial charge in [-0.25, -0.2) is 0 Å². The summed E-state index contributed by atoms with van der Waals surface area (Å²) in [7, 11) is -1.73. The van der Waals surface area contributed by atoms with Crippen LogP contribution >= 0.6 is 0 Å². The van der Waals surface area contributed by atoms with E-state index in [1.54, 1.807) is 0 Å². The molecule has 0 saturated carbocycles. The van der Waals surface area contributed by atoms with Crippen LogP contribution in [0.5, 0.6) is 0 Å². The standard InChI is InChI=1S/C10H11BF3NO3/c1-6-4-8(15-5-7(6)11(17)18)9(16)2-3-10(12,13)14/h4-5,17-18H,2-3H2,1H3. The van der Waals surface area contributed by atoms with Gasteiger partial charge in [0.2, 0.25) is 0 Å². The van der Waals surface area contributed by atoms with Gasteiger partial charge in [0.1, 0.15) is 5.69 Å². The molecule has 4 nitrogen and oxygen atoms in total. The van der Waals surface area contributed by atoms with E-state index >= 15 is 0 Å². The fourth-order valence-electron chi connectivity index (χ4n) is 1.37. The molecule has 8 heteroatoms. The first-order chi connectivity index (χ1) is 8.20. The van der Waals surface area contributed by atoms with Crippen molar-refractivity contribution < 1.29 is 28.0 Å². The lowest BCUT2D eigenvalue weighted by Crippen LogP contribution is -2.33. The van der Waals surface area contributed by atoms with E-state index in [0.29, 0.717) is 5.56 Å². The lowest BCUT2D eigenvalue weighted by Gasteiger charge is -2.07. The van der Waals surface area contributed by atoms with Crippen molar-refractivity contribution in [3.63, 3.8) is 0 Å². The Bertz CT molecular complexity index is 448. The molecule has 0 unspecified atom stereocenters. The van der Waals surface area contributed by atoms with Gasteiger partial charge in [0.25, 0.3) is 0 Å².